The van der Waals surface area contributed by atoms with Gasteiger partial charge in [0, 0.05) is 5.92 Å². The Balaban J connectivity index is -0.000000102. The van der Waals surface area contributed by atoms with Gasteiger partial charge in [-0.25, -0.2) is 0 Å². The molecule has 0 aromatic carbocycles. The van der Waals surface area contributed by atoms with E-state index in [2.05, 4.69) is 0 Å². The summed E-state index contributed by atoms with van der Waals surface area (Å²) in [7, 11) is 0. The van der Waals surface area contributed by atoms with E-state index in [0.29, 0.717) is 6.42 Å². The van der Waals surface area contributed by atoms with Crippen molar-refractivity contribution in [3.05, 3.63) is 0 Å². The Bertz CT molecular complexity index is 173. The second-order valence-electron chi connectivity index (χ2n) is 3.44. The van der Waals surface area contributed by atoms with Gasteiger partial charge in [-0.3, -0.25) is 0 Å². The van der Waals surface area contributed by atoms with Gasteiger partial charge in [0.15, 0.2) is 0 Å². The van der Waals surface area contributed by atoms with Crippen LogP contribution in [-0.4, -0.2) is 93.2 Å². The van der Waals surface area contributed by atoms with Crippen molar-refractivity contribution in [2.45, 2.75) is 19.4 Å². The van der Waals surface area contributed by atoms with Crippen molar-refractivity contribution >= 4 is 0 Å². The van der Waals surface area contributed by atoms with Crippen LogP contribution in [0.5, 0.6) is 0 Å². The molecule has 0 amide bonds. The quantitative estimate of drug-likeness (QED) is 0.250. The van der Waals surface area contributed by atoms with E-state index in [1.165, 1.54) is 0 Å². The molecule has 2 unspecified atom stereocenters. The van der Waals surface area contributed by atoms with E-state index in [1.54, 1.807) is 6.92 Å². The van der Waals surface area contributed by atoms with Crippen LogP contribution in [0, 0.1) is 17.2 Å². The molecule has 2 atom stereocenters. The standard InChI is InChI=1S/C6H11NO2.3C2H6O2/c1-5(3-7)2-6(9)4-8;3*3-1-2-4/h5-6,8-9H,2,4H2,1H3;3*3-4H,1-2H2. The molecule has 0 spiro atoms. The molecule has 0 saturated carbocycles. The number of hydrogen-bond donors (Lipinski definition) is 8. The zero-order chi connectivity index (χ0) is 17.5. The highest BCUT2D eigenvalue weighted by molar-refractivity contribution is 4.80. The maximum absolute atomic E-state index is 8.76. The topological polar surface area (TPSA) is 186 Å². The molecule has 0 aliphatic heterocycles. The second kappa shape index (κ2) is 31.5. The van der Waals surface area contributed by atoms with Crippen LogP contribution in [-0.2, 0) is 0 Å². The Labute approximate surface area is 125 Å². The molecule has 0 aliphatic carbocycles. The summed E-state index contributed by atoms with van der Waals surface area (Å²) in [6.45, 7) is 0.699. The van der Waals surface area contributed by atoms with Crippen LogP contribution in [0.25, 0.3) is 0 Å². The SMILES string of the molecule is CC(C#N)CC(O)CO.OCCO.OCCO.OCCO. The molecule has 21 heavy (non-hydrogen) atoms. The highest BCUT2D eigenvalue weighted by Gasteiger charge is 2.06. The molecule has 0 saturated heterocycles. The average molecular weight is 315 g/mol. The molecule has 9 heteroatoms. The Morgan fingerprint density at radius 1 is 0.762 bits per heavy atom. The lowest BCUT2D eigenvalue weighted by Crippen LogP contribution is -2.14. The smallest absolute Gasteiger partial charge is 0.0783 e. The summed E-state index contributed by atoms with van der Waals surface area (Å²) >= 11 is 0. The zero-order valence-corrected chi connectivity index (χ0v) is 12.3. The Morgan fingerprint density at radius 2 is 1.05 bits per heavy atom. The summed E-state index contributed by atoms with van der Waals surface area (Å²) in [5.74, 6) is -0.174. The molecule has 0 bridgehead atoms. The van der Waals surface area contributed by atoms with Crippen LogP contribution >= 0.6 is 0 Å². The summed E-state index contributed by atoms with van der Waals surface area (Å²) in [6, 6.07) is 1.96. The van der Waals surface area contributed by atoms with Gasteiger partial charge in [0.2, 0.25) is 0 Å². The molecule has 0 aromatic heterocycles. The number of nitrogens with zero attached hydrogens (tertiary/aromatic N) is 1. The first kappa shape index (κ1) is 28.3. The van der Waals surface area contributed by atoms with Crippen molar-refractivity contribution in [3.63, 3.8) is 0 Å². The highest BCUT2D eigenvalue weighted by Crippen LogP contribution is 2.02. The minimum atomic E-state index is -0.736. The Hall–Kier alpha value is -0.830. The van der Waals surface area contributed by atoms with E-state index in [-0.39, 0.29) is 52.2 Å². The van der Waals surface area contributed by atoms with Gasteiger partial charge < -0.3 is 40.9 Å². The van der Waals surface area contributed by atoms with Crippen molar-refractivity contribution in [2.75, 3.05) is 46.2 Å². The molecular formula is C12H29NO8. The van der Waals surface area contributed by atoms with Crippen molar-refractivity contribution in [1.29, 1.82) is 5.26 Å². The molecule has 0 fully saturated rings. The van der Waals surface area contributed by atoms with Gasteiger partial charge in [-0.05, 0) is 13.3 Å². The van der Waals surface area contributed by atoms with Crippen LogP contribution in [0.2, 0.25) is 0 Å². The number of hydrogen-bond acceptors (Lipinski definition) is 9. The largest absolute Gasteiger partial charge is 0.394 e. The monoisotopic (exact) mass is 315 g/mol. The maximum atomic E-state index is 8.76. The fraction of sp³-hybridized carbons (Fsp3) is 0.917. The lowest BCUT2D eigenvalue weighted by molar-refractivity contribution is 0.0816. The normalized spacial score (nSPS) is 11.2. The number of nitriles is 1. The molecule has 0 rings (SSSR count). The minimum Gasteiger partial charge on any atom is -0.394 e. The molecule has 8 N–H and O–H groups in total. The summed E-state index contributed by atoms with van der Waals surface area (Å²) in [6.07, 6.45) is -0.382. The van der Waals surface area contributed by atoms with Crippen LogP contribution in [0.1, 0.15) is 13.3 Å². The van der Waals surface area contributed by atoms with Crippen molar-refractivity contribution in [3.8, 4) is 6.07 Å². The first-order valence-corrected chi connectivity index (χ1v) is 6.29. The van der Waals surface area contributed by atoms with Gasteiger partial charge in [0.1, 0.15) is 0 Å². The van der Waals surface area contributed by atoms with Crippen molar-refractivity contribution in [2.24, 2.45) is 5.92 Å². The third-order valence-corrected chi connectivity index (χ3v) is 1.36. The lowest BCUT2D eigenvalue weighted by atomic mass is 10.1. The zero-order valence-electron chi connectivity index (χ0n) is 12.3. The van der Waals surface area contributed by atoms with E-state index in [4.69, 9.17) is 46.1 Å². The van der Waals surface area contributed by atoms with E-state index in [0.717, 1.165) is 0 Å². The number of aliphatic hydroxyl groups excluding tert-OH is 8. The van der Waals surface area contributed by atoms with E-state index < -0.39 is 6.10 Å². The lowest BCUT2D eigenvalue weighted by Gasteiger charge is -2.06. The fourth-order valence-corrected chi connectivity index (χ4v) is 0.535. The molecule has 0 radical (unpaired) electrons. The second-order valence-corrected chi connectivity index (χ2v) is 3.44. The average Bonchev–Trinajstić information content (AvgIpc) is 2.54. The minimum absolute atomic E-state index is 0.125. The molecular weight excluding hydrogens is 286 g/mol. The van der Waals surface area contributed by atoms with Crippen molar-refractivity contribution in [1.82, 2.24) is 0 Å². The molecule has 0 aliphatic rings. The van der Waals surface area contributed by atoms with Crippen LogP contribution in [0.15, 0.2) is 0 Å². The predicted molar refractivity (Wildman–Crippen MR) is 75.0 cm³/mol. The maximum Gasteiger partial charge on any atom is 0.0783 e. The van der Waals surface area contributed by atoms with Gasteiger partial charge in [0.05, 0.1) is 58.4 Å². The third-order valence-electron chi connectivity index (χ3n) is 1.36. The molecule has 0 heterocycles. The van der Waals surface area contributed by atoms with Crippen LogP contribution < -0.4 is 0 Å². The Morgan fingerprint density at radius 3 is 1.19 bits per heavy atom. The molecule has 0 aromatic rings. The summed E-state index contributed by atoms with van der Waals surface area (Å²) < 4.78 is 0. The van der Waals surface area contributed by atoms with Gasteiger partial charge in [-0.1, -0.05) is 0 Å². The molecule has 130 valence electrons. The first-order chi connectivity index (χ1) is 9.94. The van der Waals surface area contributed by atoms with Gasteiger partial charge in [-0.15, -0.1) is 0 Å². The highest BCUT2D eigenvalue weighted by atomic mass is 16.3. The van der Waals surface area contributed by atoms with E-state index >= 15 is 0 Å². The summed E-state index contributed by atoms with van der Waals surface area (Å²) in [5, 5.41) is 71.1. The third kappa shape index (κ3) is 54.6. The fourth-order valence-electron chi connectivity index (χ4n) is 0.535. The van der Waals surface area contributed by atoms with E-state index in [9.17, 15) is 0 Å². The van der Waals surface area contributed by atoms with Crippen LogP contribution in [0.3, 0.4) is 0 Å². The first-order valence-electron chi connectivity index (χ1n) is 6.29. The summed E-state index contributed by atoms with van der Waals surface area (Å²) in [4.78, 5) is 0. The van der Waals surface area contributed by atoms with Gasteiger partial charge >= 0.3 is 0 Å². The van der Waals surface area contributed by atoms with Crippen molar-refractivity contribution < 1.29 is 40.9 Å². The Kier molecular flexibility index (Phi) is 42.6. The van der Waals surface area contributed by atoms with Gasteiger partial charge in [-0.2, -0.15) is 5.26 Å². The van der Waals surface area contributed by atoms with E-state index in [1.807, 2.05) is 6.07 Å². The van der Waals surface area contributed by atoms with Gasteiger partial charge in [0.25, 0.3) is 0 Å². The number of aliphatic hydroxyl groups is 8. The van der Waals surface area contributed by atoms with Crippen LogP contribution in [0.4, 0.5) is 0 Å². The summed E-state index contributed by atoms with van der Waals surface area (Å²) in [5.41, 5.74) is 0. The molecule has 9 nitrogen and oxygen atoms in total. The predicted octanol–water partition coefficient (Wildman–Crippen LogP) is -3.20. The number of rotatable bonds is 6.